The molecule has 0 N–H and O–H groups in total. The summed E-state index contributed by atoms with van der Waals surface area (Å²) < 4.78 is 7.46. The number of fused-ring (bicyclic) bond motifs is 1. The van der Waals surface area contributed by atoms with E-state index < -0.39 is 0 Å². The molecule has 0 aliphatic carbocycles. The average Bonchev–Trinajstić information content (AvgIpc) is 3.05. The van der Waals surface area contributed by atoms with Crippen LogP contribution < -0.4 is 0 Å². The first-order valence-corrected chi connectivity index (χ1v) is 8.34. The van der Waals surface area contributed by atoms with Crippen LogP contribution in [0, 0.1) is 6.92 Å². The van der Waals surface area contributed by atoms with Crippen molar-refractivity contribution in [2.24, 2.45) is 0 Å². The van der Waals surface area contributed by atoms with Crippen LogP contribution in [-0.4, -0.2) is 34.9 Å². The summed E-state index contributed by atoms with van der Waals surface area (Å²) in [4.78, 5) is 5.34. The second kappa shape index (κ2) is 6.30. The first-order chi connectivity index (χ1) is 10.2. The molecule has 0 radical (unpaired) electrons. The lowest BCUT2D eigenvalue weighted by Gasteiger charge is -2.31. The highest BCUT2D eigenvalue weighted by Crippen LogP contribution is 2.29. The van der Waals surface area contributed by atoms with Crippen molar-refractivity contribution in [3.63, 3.8) is 0 Å². The first-order valence-electron chi connectivity index (χ1n) is 7.52. The molecule has 1 aliphatic heterocycles. The Bertz CT molecular complexity index is 604. The van der Waals surface area contributed by atoms with Gasteiger partial charge in [0.05, 0.1) is 12.3 Å². The highest BCUT2D eigenvalue weighted by Gasteiger charge is 2.28. The Morgan fingerprint density at radius 1 is 1.43 bits per heavy atom. The number of ether oxygens (including phenoxy) is 1. The molecule has 0 fully saturated rings. The summed E-state index contributed by atoms with van der Waals surface area (Å²) >= 11 is 1.89. The van der Waals surface area contributed by atoms with Crippen molar-refractivity contribution in [3.8, 4) is 0 Å². The molecule has 0 saturated carbocycles. The van der Waals surface area contributed by atoms with Gasteiger partial charge in [-0.15, -0.1) is 11.3 Å². The molecule has 21 heavy (non-hydrogen) atoms. The van der Waals surface area contributed by atoms with Gasteiger partial charge in [0, 0.05) is 60.7 Å². The monoisotopic (exact) mass is 305 g/mol. The lowest BCUT2D eigenvalue weighted by molar-refractivity contribution is 0.135. The topological polar surface area (TPSA) is 30.3 Å². The number of rotatable bonds is 5. The molecule has 114 valence electrons. The van der Waals surface area contributed by atoms with Crippen LogP contribution in [0.3, 0.4) is 0 Å². The van der Waals surface area contributed by atoms with E-state index in [4.69, 9.17) is 9.84 Å². The summed E-state index contributed by atoms with van der Waals surface area (Å²) in [5.74, 6) is 0.382. The number of aromatic nitrogens is 2. The van der Waals surface area contributed by atoms with Crippen LogP contribution in [0.5, 0.6) is 0 Å². The molecule has 3 heterocycles. The quantitative estimate of drug-likeness (QED) is 0.850. The van der Waals surface area contributed by atoms with E-state index in [1.807, 2.05) is 16.0 Å². The van der Waals surface area contributed by atoms with Gasteiger partial charge in [-0.05, 0) is 26.0 Å². The summed E-state index contributed by atoms with van der Waals surface area (Å²) in [5, 5.41) is 4.73. The molecule has 0 bridgehead atoms. The van der Waals surface area contributed by atoms with Gasteiger partial charge in [0.25, 0.3) is 0 Å². The van der Waals surface area contributed by atoms with Gasteiger partial charge in [0.2, 0.25) is 0 Å². The molecule has 0 saturated heterocycles. The van der Waals surface area contributed by atoms with Crippen molar-refractivity contribution in [1.82, 2.24) is 14.7 Å². The van der Waals surface area contributed by atoms with E-state index in [2.05, 4.69) is 37.1 Å². The molecule has 0 spiro atoms. The summed E-state index contributed by atoms with van der Waals surface area (Å²) in [6.45, 7) is 9.02. The molecule has 0 amide bonds. The molecule has 0 aromatic carbocycles. The third kappa shape index (κ3) is 3.20. The largest absolute Gasteiger partial charge is 0.384 e. The molecular formula is C16H23N3OS. The van der Waals surface area contributed by atoms with Crippen molar-refractivity contribution < 1.29 is 4.74 Å². The highest BCUT2D eigenvalue weighted by molar-refractivity contribution is 7.11. The van der Waals surface area contributed by atoms with E-state index in [-0.39, 0.29) is 0 Å². The third-order valence-electron chi connectivity index (χ3n) is 4.00. The van der Waals surface area contributed by atoms with E-state index in [0.29, 0.717) is 5.92 Å². The van der Waals surface area contributed by atoms with E-state index in [1.165, 1.54) is 21.0 Å². The third-order valence-corrected chi connectivity index (χ3v) is 4.98. The Labute approximate surface area is 130 Å². The maximum absolute atomic E-state index is 5.41. The smallest absolute Gasteiger partial charge is 0.0736 e. The Morgan fingerprint density at radius 3 is 2.95 bits per heavy atom. The van der Waals surface area contributed by atoms with Crippen LogP contribution in [0.4, 0.5) is 0 Å². The Morgan fingerprint density at radius 2 is 2.29 bits per heavy atom. The number of aryl methyl sites for hydroxylation is 2. The van der Waals surface area contributed by atoms with Crippen molar-refractivity contribution in [1.29, 1.82) is 0 Å². The predicted molar refractivity (Wildman–Crippen MR) is 85.7 cm³/mol. The summed E-state index contributed by atoms with van der Waals surface area (Å²) in [6.07, 6.45) is 2.20. The standard InChI is InChI=1S/C16H23N3OS/c1-4-19-9-13-7-18(10-15-6-5-12(2)21-15)8-14(11-20-3)16(13)17-19/h5-6,9,14H,4,7-8,10-11H2,1-3H3/t14-/m0/s1. The zero-order valence-electron chi connectivity index (χ0n) is 13.0. The summed E-state index contributed by atoms with van der Waals surface area (Å²) in [5.41, 5.74) is 2.59. The van der Waals surface area contributed by atoms with Gasteiger partial charge in [0.15, 0.2) is 0 Å². The zero-order valence-corrected chi connectivity index (χ0v) is 13.8. The fourth-order valence-electron chi connectivity index (χ4n) is 3.05. The molecule has 3 rings (SSSR count). The molecule has 5 heteroatoms. The van der Waals surface area contributed by atoms with Crippen LogP contribution in [0.2, 0.25) is 0 Å². The minimum absolute atomic E-state index is 0.382. The van der Waals surface area contributed by atoms with Crippen LogP contribution in [0.25, 0.3) is 0 Å². The number of nitrogens with zero attached hydrogens (tertiary/aromatic N) is 3. The van der Waals surface area contributed by atoms with Gasteiger partial charge in [-0.3, -0.25) is 9.58 Å². The molecule has 0 unspecified atom stereocenters. The number of thiophene rings is 1. The molecule has 2 aromatic heterocycles. The van der Waals surface area contributed by atoms with E-state index in [1.54, 1.807) is 7.11 Å². The van der Waals surface area contributed by atoms with Crippen LogP contribution >= 0.6 is 11.3 Å². The maximum atomic E-state index is 5.41. The van der Waals surface area contributed by atoms with Gasteiger partial charge in [-0.25, -0.2) is 0 Å². The lowest BCUT2D eigenvalue weighted by atomic mass is 9.97. The van der Waals surface area contributed by atoms with Gasteiger partial charge in [0.1, 0.15) is 0 Å². The first kappa shape index (κ1) is 14.8. The molecular weight excluding hydrogens is 282 g/mol. The maximum Gasteiger partial charge on any atom is 0.0736 e. The minimum Gasteiger partial charge on any atom is -0.384 e. The van der Waals surface area contributed by atoms with Crippen LogP contribution in [-0.2, 0) is 24.4 Å². The van der Waals surface area contributed by atoms with Crippen molar-refractivity contribution in [2.45, 2.75) is 39.4 Å². The fraction of sp³-hybridized carbons (Fsp3) is 0.562. The Balaban J connectivity index is 1.79. The molecule has 1 aliphatic rings. The Kier molecular flexibility index (Phi) is 4.42. The van der Waals surface area contributed by atoms with Crippen LogP contribution in [0.1, 0.15) is 33.9 Å². The van der Waals surface area contributed by atoms with Crippen molar-refractivity contribution in [3.05, 3.63) is 39.3 Å². The normalized spacial score (nSPS) is 18.9. The van der Waals surface area contributed by atoms with Gasteiger partial charge in [-0.2, -0.15) is 5.10 Å². The zero-order chi connectivity index (χ0) is 14.8. The lowest BCUT2D eigenvalue weighted by Crippen LogP contribution is -2.34. The van der Waals surface area contributed by atoms with E-state index in [0.717, 1.165) is 32.8 Å². The highest BCUT2D eigenvalue weighted by atomic mass is 32.1. The summed E-state index contributed by atoms with van der Waals surface area (Å²) in [6, 6.07) is 4.45. The molecule has 4 nitrogen and oxygen atoms in total. The fourth-order valence-corrected chi connectivity index (χ4v) is 3.99. The second-order valence-electron chi connectivity index (χ2n) is 5.73. The van der Waals surface area contributed by atoms with E-state index in [9.17, 15) is 0 Å². The van der Waals surface area contributed by atoms with Gasteiger partial charge < -0.3 is 4.74 Å². The Hall–Kier alpha value is -1.17. The second-order valence-corrected chi connectivity index (χ2v) is 7.10. The number of hydrogen-bond donors (Lipinski definition) is 0. The molecule has 2 aromatic rings. The van der Waals surface area contributed by atoms with E-state index >= 15 is 0 Å². The van der Waals surface area contributed by atoms with Gasteiger partial charge >= 0.3 is 0 Å². The van der Waals surface area contributed by atoms with Crippen LogP contribution in [0.15, 0.2) is 18.3 Å². The predicted octanol–water partition coefficient (Wildman–Crippen LogP) is 3.02. The van der Waals surface area contributed by atoms with Gasteiger partial charge in [-0.1, -0.05) is 0 Å². The average molecular weight is 305 g/mol. The van der Waals surface area contributed by atoms with Crippen molar-refractivity contribution >= 4 is 11.3 Å². The minimum atomic E-state index is 0.382. The number of hydrogen-bond acceptors (Lipinski definition) is 4. The summed E-state index contributed by atoms with van der Waals surface area (Å²) in [7, 11) is 1.78. The van der Waals surface area contributed by atoms with Crippen molar-refractivity contribution in [2.75, 3.05) is 20.3 Å². The molecule has 1 atom stereocenters. The SMILES string of the molecule is CCn1cc2c(n1)[C@H](COC)CN(Cc1ccc(C)s1)C2. The number of methoxy groups -OCH3 is 1.